The summed E-state index contributed by atoms with van der Waals surface area (Å²) in [5.41, 5.74) is 0. The number of halogens is 1. The van der Waals surface area contributed by atoms with Gasteiger partial charge in [0.05, 0.1) is 6.04 Å². The van der Waals surface area contributed by atoms with Crippen LogP contribution in [0, 0.1) is 11.7 Å². The van der Waals surface area contributed by atoms with E-state index in [1.165, 1.54) is 25.0 Å². The second-order valence-electron chi connectivity index (χ2n) is 7.39. The van der Waals surface area contributed by atoms with Crippen LogP contribution in [0.5, 0.6) is 5.75 Å². The topological polar surface area (TPSA) is 68.5 Å². The standard InChI is InChI=1S/C20H24FN3O3/c21-15-7-9-16(10-8-15)26-13-18-22-20(23-27-18)17-6-3-11-24(17)19(25)12-14-4-1-2-5-14/h7-10,14,17H,1-6,11-13H2. The van der Waals surface area contributed by atoms with Crippen LogP contribution in [-0.4, -0.2) is 27.5 Å². The maximum Gasteiger partial charge on any atom is 0.264 e. The number of likely N-dealkylation sites (tertiary alicyclic amines) is 1. The highest BCUT2D eigenvalue weighted by Crippen LogP contribution is 2.34. The predicted molar refractivity (Wildman–Crippen MR) is 95.3 cm³/mol. The Labute approximate surface area is 157 Å². The van der Waals surface area contributed by atoms with Gasteiger partial charge in [0.1, 0.15) is 11.6 Å². The Bertz CT molecular complexity index is 771. The number of hydrogen-bond donors (Lipinski definition) is 0. The van der Waals surface area contributed by atoms with Crippen LogP contribution >= 0.6 is 0 Å². The van der Waals surface area contributed by atoms with E-state index >= 15 is 0 Å². The Balaban J connectivity index is 1.36. The summed E-state index contributed by atoms with van der Waals surface area (Å²) in [5.74, 6) is 1.85. The van der Waals surface area contributed by atoms with Crippen molar-refractivity contribution < 1.29 is 18.4 Å². The molecule has 2 aliphatic rings. The maximum atomic E-state index is 12.9. The summed E-state index contributed by atoms with van der Waals surface area (Å²) >= 11 is 0. The summed E-state index contributed by atoms with van der Waals surface area (Å²) < 4.78 is 23.8. The Morgan fingerprint density at radius 2 is 1.96 bits per heavy atom. The number of carbonyl (C=O) groups is 1. The molecule has 1 atom stereocenters. The molecule has 4 rings (SSSR count). The van der Waals surface area contributed by atoms with E-state index in [2.05, 4.69) is 10.1 Å². The number of ether oxygens (including phenoxy) is 1. The SMILES string of the molecule is O=C(CC1CCCC1)N1CCCC1c1noc(COc2ccc(F)cc2)n1. The minimum Gasteiger partial charge on any atom is -0.484 e. The third-order valence-corrected chi connectivity index (χ3v) is 5.47. The molecule has 1 aliphatic carbocycles. The first-order valence-electron chi connectivity index (χ1n) is 9.69. The van der Waals surface area contributed by atoms with Gasteiger partial charge in [-0.2, -0.15) is 4.98 Å². The van der Waals surface area contributed by atoms with E-state index in [1.54, 1.807) is 12.1 Å². The van der Waals surface area contributed by atoms with E-state index in [9.17, 15) is 9.18 Å². The minimum absolute atomic E-state index is 0.109. The molecule has 6 nitrogen and oxygen atoms in total. The predicted octanol–water partition coefficient (Wildman–Crippen LogP) is 4.03. The second kappa shape index (κ2) is 8.06. The van der Waals surface area contributed by atoms with Gasteiger partial charge in [-0.1, -0.05) is 18.0 Å². The van der Waals surface area contributed by atoms with Crippen molar-refractivity contribution in [2.75, 3.05) is 6.54 Å². The van der Waals surface area contributed by atoms with Gasteiger partial charge in [0.2, 0.25) is 5.91 Å². The molecule has 1 amide bonds. The summed E-state index contributed by atoms with van der Waals surface area (Å²) in [6, 6.07) is 5.66. The van der Waals surface area contributed by atoms with Crippen LogP contribution in [0.1, 0.15) is 62.7 Å². The van der Waals surface area contributed by atoms with Gasteiger partial charge < -0.3 is 14.2 Å². The lowest BCUT2D eigenvalue weighted by Crippen LogP contribution is -2.32. The highest BCUT2D eigenvalue weighted by atomic mass is 19.1. The minimum atomic E-state index is -0.314. The molecule has 2 fully saturated rings. The number of hydrogen-bond acceptors (Lipinski definition) is 5. The van der Waals surface area contributed by atoms with Crippen LogP contribution in [-0.2, 0) is 11.4 Å². The lowest BCUT2D eigenvalue weighted by atomic mass is 10.0. The van der Waals surface area contributed by atoms with Crippen LogP contribution in [0.25, 0.3) is 0 Å². The molecule has 1 aromatic carbocycles. The van der Waals surface area contributed by atoms with Crippen LogP contribution in [0.15, 0.2) is 28.8 Å². The molecule has 1 unspecified atom stereocenters. The summed E-state index contributed by atoms with van der Waals surface area (Å²) in [5, 5.41) is 4.07. The molecular formula is C20H24FN3O3. The monoisotopic (exact) mass is 373 g/mol. The first kappa shape index (κ1) is 17.9. The highest BCUT2D eigenvalue weighted by molar-refractivity contribution is 5.77. The van der Waals surface area contributed by atoms with E-state index in [-0.39, 0.29) is 24.4 Å². The van der Waals surface area contributed by atoms with Gasteiger partial charge in [-0.15, -0.1) is 0 Å². The Kier molecular flexibility index (Phi) is 5.36. The fourth-order valence-corrected chi connectivity index (χ4v) is 4.05. The Morgan fingerprint density at radius 1 is 1.19 bits per heavy atom. The normalized spacial score (nSPS) is 20.3. The van der Waals surface area contributed by atoms with Gasteiger partial charge in [0.25, 0.3) is 5.89 Å². The second-order valence-corrected chi connectivity index (χ2v) is 7.39. The molecule has 1 saturated heterocycles. The van der Waals surface area contributed by atoms with Gasteiger partial charge in [-0.05, 0) is 55.9 Å². The summed E-state index contributed by atoms with van der Waals surface area (Å²) in [6.45, 7) is 0.869. The fraction of sp³-hybridized carbons (Fsp3) is 0.550. The van der Waals surface area contributed by atoms with Gasteiger partial charge >= 0.3 is 0 Å². The zero-order valence-electron chi connectivity index (χ0n) is 15.3. The quantitative estimate of drug-likeness (QED) is 0.765. The van der Waals surface area contributed by atoms with Gasteiger partial charge in [0, 0.05) is 13.0 Å². The molecule has 0 radical (unpaired) electrons. The van der Waals surface area contributed by atoms with Crippen molar-refractivity contribution in [2.24, 2.45) is 5.92 Å². The van der Waals surface area contributed by atoms with Crippen LogP contribution in [0.4, 0.5) is 4.39 Å². The lowest BCUT2D eigenvalue weighted by Gasteiger charge is -2.23. The van der Waals surface area contributed by atoms with Crippen molar-refractivity contribution in [3.8, 4) is 5.75 Å². The van der Waals surface area contributed by atoms with Crippen molar-refractivity contribution in [1.29, 1.82) is 0 Å². The van der Waals surface area contributed by atoms with Crippen LogP contribution in [0.2, 0.25) is 0 Å². The summed E-state index contributed by atoms with van der Waals surface area (Å²) in [7, 11) is 0. The van der Waals surface area contributed by atoms with Crippen molar-refractivity contribution >= 4 is 5.91 Å². The van der Waals surface area contributed by atoms with Crippen molar-refractivity contribution in [2.45, 2.75) is 57.6 Å². The smallest absolute Gasteiger partial charge is 0.264 e. The molecule has 0 bridgehead atoms. The molecule has 1 aromatic heterocycles. The third-order valence-electron chi connectivity index (χ3n) is 5.47. The number of rotatable bonds is 6. The molecule has 2 heterocycles. The molecule has 144 valence electrons. The van der Waals surface area contributed by atoms with Crippen LogP contribution < -0.4 is 4.74 Å². The number of aromatic nitrogens is 2. The summed E-state index contributed by atoms with van der Waals surface area (Å²) in [4.78, 5) is 19.0. The first-order chi connectivity index (χ1) is 13.2. The molecule has 0 N–H and O–H groups in total. The molecular weight excluding hydrogens is 349 g/mol. The van der Waals surface area contributed by atoms with Crippen LogP contribution in [0.3, 0.4) is 0 Å². The molecule has 27 heavy (non-hydrogen) atoms. The zero-order valence-corrected chi connectivity index (χ0v) is 15.3. The Hall–Kier alpha value is -2.44. The molecule has 0 spiro atoms. The van der Waals surface area contributed by atoms with Gasteiger partial charge in [-0.25, -0.2) is 4.39 Å². The largest absolute Gasteiger partial charge is 0.484 e. The number of benzene rings is 1. The molecule has 1 aliphatic heterocycles. The van der Waals surface area contributed by atoms with E-state index in [4.69, 9.17) is 9.26 Å². The first-order valence-corrected chi connectivity index (χ1v) is 9.69. The number of nitrogens with zero attached hydrogens (tertiary/aromatic N) is 3. The van der Waals surface area contributed by atoms with Crippen molar-refractivity contribution in [3.63, 3.8) is 0 Å². The molecule has 1 saturated carbocycles. The van der Waals surface area contributed by atoms with Crippen molar-refractivity contribution in [1.82, 2.24) is 15.0 Å². The van der Waals surface area contributed by atoms with E-state index in [0.717, 1.165) is 32.2 Å². The Morgan fingerprint density at radius 3 is 2.74 bits per heavy atom. The maximum absolute atomic E-state index is 12.9. The highest BCUT2D eigenvalue weighted by Gasteiger charge is 2.34. The molecule has 7 heteroatoms. The number of carbonyl (C=O) groups excluding carboxylic acids is 1. The van der Waals surface area contributed by atoms with Gasteiger partial charge in [-0.3, -0.25) is 4.79 Å². The number of amides is 1. The van der Waals surface area contributed by atoms with E-state index < -0.39 is 0 Å². The average molecular weight is 373 g/mol. The van der Waals surface area contributed by atoms with E-state index in [1.807, 2.05) is 4.90 Å². The lowest BCUT2D eigenvalue weighted by molar-refractivity contribution is -0.133. The average Bonchev–Trinajstić information content (AvgIpc) is 3.42. The molecule has 2 aromatic rings. The summed E-state index contributed by atoms with van der Waals surface area (Å²) in [6.07, 6.45) is 7.25. The third kappa shape index (κ3) is 4.28. The zero-order chi connectivity index (χ0) is 18.6. The van der Waals surface area contributed by atoms with Crippen molar-refractivity contribution in [3.05, 3.63) is 41.8 Å². The van der Waals surface area contributed by atoms with Gasteiger partial charge in [0.15, 0.2) is 12.4 Å². The fourth-order valence-electron chi connectivity index (χ4n) is 4.05. The van der Waals surface area contributed by atoms with E-state index in [0.29, 0.717) is 29.8 Å².